The van der Waals surface area contributed by atoms with Gasteiger partial charge in [0.05, 0.1) is 18.1 Å². The fraction of sp³-hybridized carbons (Fsp3) is 0.0667. The number of anilines is 1. The first kappa shape index (κ1) is 13.0. The molecule has 6 heteroatoms. The van der Waals surface area contributed by atoms with E-state index in [-0.39, 0.29) is 6.03 Å². The van der Waals surface area contributed by atoms with Crippen molar-refractivity contribution in [2.75, 3.05) is 17.9 Å². The summed E-state index contributed by atoms with van der Waals surface area (Å²) in [5.41, 5.74) is 5.01. The number of nitrogens with one attached hydrogen (secondary N) is 2. The number of benzene rings is 2. The number of nitrogens with zero attached hydrogens (tertiary/aromatic N) is 2. The van der Waals surface area contributed by atoms with Crippen molar-refractivity contribution in [2.45, 2.75) is 0 Å². The lowest BCUT2D eigenvalue weighted by Crippen LogP contribution is -2.27. The van der Waals surface area contributed by atoms with Gasteiger partial charge in [0.2, 0.25) is 0 Å². The summed E-state index contributed by atoms with van der Waals surface area (Å²) in [5.74, 6) is 0.681. The maximum atomic E-state index is 12.0. The van der Waals surface area contributed by atoms with E-state index >= 15 is 0 Å². The number of rotatable bonds is 3. The van der Waals surface area contributed by atoms with Gasteiger partial charge in [0, 0.05) is 11.8 Å². The molecule has 2 amide bonds. The van der Waals surface area contributed by atoms with Crippen molar-refractivity contribution in [1.82, 2.24) is 9.66 Å². The molecule has 0 aliphatic rings. The molecule has 6 nitrogen and oxygen atoms in total. The Balaban J connectivity index is 1.74. The van der Waals surface area contributed by atoms with Crippen LogP contribution in [-0.2, 0) is 0 Å². The van der Waals surface area contributed by atoms with Crippen molar-refractivity contribution in [2.24, 2.45) is 0 Å². The van der Waals surface area contributed by atoms with Crippen LogP contribution in [0.2, 0.25) is 0 Å². The molecule has 1 heterocycles. The summed E-state index contributed by atoms with van der Waals surface area (Å²) < 4.78 is 6.69. The first-order chi connectivity index (χ1) is 10.3. The molecule has 2 N–H and O–H groups in total. The van der Waals surface area contributed by atoms with Gasteiger partial charge >= 0.3 is 6.03 Å². The highest BCUT2D eigenvalue weighted by Gasteiger charge is 2.06. The van der Waals surface area contributed by atoms with Crippen LogP contribution in [0.4, 0.5) is 10.5 Å². The molecule has 0 aliphatic heterocycles. The molecule has 3 aromatic rings. The summed E-state index contributed by atoms with van der Waals surface area (Å²) in [6.07, 6.45) is 1.57. The molecule has 0 aliphatic carbocycles. The Morgan fingerprint density at radius 2 is 2.05 bits per heavy atom. The minimum atomic E-state index is -0.355. The number of imidazole rings is 1. The van der Waals surface area contributed by atoms with Crippen LogP contribution in [0.5, 0.6) is 5.75 Å². The van der Waals surface area contributed by atoms with Crippen LogP contribution in [-0.4, -0.2) is 22.8 Å². The molecule has 0 saturated carbocycles. The van der Waals surface area contributed by atoms with Gasteiger partial charge in [-0.1, -0.05) is 18.2 Å². The molecule has 0 atom stereocenters. The molecule has 0 bridgehead atoms. The fourth-order valence-electron chi connectivity index (χ4n) is 2.02. The highest BCUT2D eigenvalue weighted by molar-refractivity contribution is 5.96. The number of hydrogen-bond acceptors (Lipinski definition) is 3. The first-order valence-electron chi connectivity index (χ1n) is 6.40. The van der Waals surface area contributed by atoms with Gasteiger partial charge in [0.15, 0.2) is 0 Å². The Kier molecular flexibility index (Phi) is 3.42. The van der Waals surface area contributed by atoms with Crippen molar-refractivity contribution in [1.29, 1.82) is 0 Å². The van der Waals surface area contributed by atoms with Crippen molar-refractivity contribution >= 4 is 22.8 Å². The predicted molar refractivity (Wildman–Crippen MR) is 81.1 cm³/mol. The second-order valence-electron chi connectivity index (χ2n) is 4.40. The van der Waals surface area contributed by atoms with Crippen molar-refractivity contribution in [3.8, 4) is 5.75 Å². The van der Waals surface area contributed by atoms with E-state index in [1.165, 1.54) is 0 Å². The number of amides is 2. The van der Waals surface area contributed by atoms with Crippen molar-refractivity contribution < 1.29 is 9.53 Å². The number of fused-ring (bicyclic) bond motifs is 1. The molecular formula is C15H14N4O2. The van der Waals surface area contributed by atoms with Crippen LogP contribution in [0.3, 0.4) is 0 Å². The molecule has 1 aromatic heterocycles. The van der Waals surface area contributed by atoms with Gasteiger partial charge in [-0.15, -0.1) is 0 Å². The second-order valence-corrected chi connectivity index (χ2v) is 4.40. The van der Waals surface area contributed by atoms with Crippen LogP contribution in [0.1, 0.15) is 0 Å². The second kappa shape index (κ2) is 5.54. The Bertz CT molecular complexity index is 782. The summed E-state index contributed by atoms with van der Waals surface area (Å²) in [5, 5.41) is 2.74. The van der Waals surface area contributed by atoms with Gasteiger partial charge in [0.1, 0.15) is 12.1 Å². The average molecular weight is 282 g/mol. The van der Waals surface area contributed by atoms with Crippen LogP contribution in [0, 0.1) is 0 Å². The van der Waals surface area contributed by atoms with Crippen molar-refractivity contribution in [3.05, 3.63) is 54.9 Å². The SMILES string of the molecule is COc1cccc(NC(=O)Nn2cnc3ccccc32)c1. The van der Waals surface area contributed by atoms with E-state index in [9.17, 15) is 4.79 Å². The topological polar surface area (TPSA) is 68.2 Å². The smallest absolute Gasteiger partial charge is 0.338 e. The van der Waals surface area contributed by atoms with Gasteiger partial charge in [-0.2, -0.15) is 0 Å². The van der Waals surface area contributed by atoms with E-state index < -0.39 is 0 Å². The molecule has 3 rings (SSSR count). The van der Waals surface area contributed by atoms with Crippen LogP contribution < -0.4 is 15.5 Å². The van der Waals surface area contributed by atoms with E-state index in [1.54, 1.807) is 36.3 Å². The third-order valence-electron chi connectivity index (χ3n) is 3.00. The lowest BCUT2D eigenvalue weighted by Gasteiger charge is -2.09. The van der Waals surface area contributed by atoms with Gasteiger partial charge in [-0.25, -0.2) is 19.9 Å². The predicted octanol–water partition coefficient (Wildman–Crippen LogP) is 2.82. The number of aromatic nitrogens is 2. The summed E-state index contributed by atoms with van der Waals surface area (Å²) in [6, 6.07) is 14.3. The Hall–Kier alpha value is -3.02. The summed E-state index contributed by atoms with van der Waals surface area (Å²) in [6.45, 7) is 0. The first-order valence-corrected chi connectivity index (χ1v) is 6.40. The molecule has 106 valence electrons. The van der Waals surface area contributed by atoms with Gasteiger partial charge in [-0.3, -0.25) is 0 Å². The maximum absolute atomic E-state index is 12.0. The highest BCUT2D eigenvalue weighted by atomic mass is 16.5. The zero-order valence-electron chi connectivity index (χ0n) is 11.4. The lowest BCUT2D eigenvalue weighted by molar-refractivity contribution is 0.260. The highest BCUT2D eigenvalue weighted by Crippen LogP contribution is 2.16. The van der Waals surface area contributed by atoms with E-state index in [0.29, 0.717) is 11.4 Å². The number of hydrogen-bond donors (Lipinski definition) is 2. The third kappa shape index (κ3) is 2.79. The molecule has 0 spiro atoms. The zero-order chi connectivity index (χ0) is 14.7. The molecule has 21 heavy (non-hydrogen) atoms. The number of ether oxygens (including phenoxy) is 1. The Morgan fingerprint density at radius 3 is 2.90 bits per heavy atom. The third-order valence-corrected chi connectivity index (χ3v) is 3.00. The number of carbonyl (C=O) groups excluding carboxylic acids is 1. The molecule has 0 fully saturated rings. The van der Waals surface area contributed by atoms with Gasteiger partial charge < -0.3 is 10.1 Å². The summed E-state index contributed by atoms with van der Waals surface area (Å²) in [4.78, 5) is 16.2. The summed E-state index contributed by atoms with van der Waals surface area (Å²) >= 11 is 0. The van der Waals surface area contributed by atoms with Crippen LogP contribution in [0.15, 0.2) is 54.9 Å². The summed E-state index contributed by atoms with van der Waals surface area (Å²) in [7, 11) is 1.58. The van der Waals surface area contributed by atoms with E-state index in [2.05, 4.69) is 15.7 Å². The van der Waals surface area contributed by atoms with E-state index in [4.69, 9.17) is 4.74 Å². The largest absolute Gasteiger partial charge is 0.497 e. The molecule has 0 unspecified atom stereocenters. The van der Waals surface area contributed by atoms with E-state index in [0.717, 1.165) is 11.0 Å². The molecular weight excluding hydrogens is 268 g/mol. The lowest BCUT2D eigenvalue weighted by atomic mass is 10.3. The molecule has 0 saturated heterocycles. The van der Waals surface area contributed by atoms with E-state index in [1.807, 2.05) is 30.3 Å². The van der Waals surface area contributed by atoms with Crippen molar-refractivity contribution in [3.63, 3.8) is 0 Å². The number of carbonyl (C=O) groups is 1. The minimum Gasteiger partial charge on any atom is -0.497 e. The number of methoxy groups -OCH3 is 1. The van der Waals surface area contributed by atoms with Crippen LogP contribution in [0.25, 0.3) is 11.0 Å². The minimum absolute atomic E-state index is 0.355. The number of para-hydroxylation sites is 2. The quantitative estimate of drug-likeness (QED) is 0.776. The van der Waals surface area contributed by atoms with Gasteiger partial charge in [-0.05, 0) is 24.3 Å². The Labute approximate surface area is 121 Å². The average Bonchev–Trinajstić information content (AvgIpc) is 2.91. The standard InChI is InChI=1S/C15H14N4O2/c1-21-12-6-4-5-11(9-12)17-15(20)18-19-10-16-13-7-2-3-8-14(13)19/h2-10H,1H3,(H2,17,18,20). The monoisotopic (exact) mass is 282 g/mol. The maximum Gasteiger partial charge on any atom is 0.338 e. The fourth-order valence-corrected chi connectivity index (χ4v) is 2.02. The Morgan fingerprint density at radius 1 is 1.19 bits per heavy atom. The molecule has 2 aromatic carbocycles. The zero-order valence-corrected chi connectivity index (χ0v) is 11.4. The normalized spacial score (nSPS) is 10.3. The van der Waals surface area contributed by atoms with Crippen LogP contribution >= 0.6 is 0 Å². The number of urea groups is 1. The van der Waals surface area contributed by atoms with Gasteiger partial charge in [0.25, 0.3) is 0 Å². The molecule has 0 radical (unpaired) electrons.